The number of anilines is 1. The summed E-state index contributed by atoms with van der Waals surface area (Å²) in [5, 5.41) is 11.9. The molecule has 0 spiro atoms. The second-order valence-electron chi connectivity index (χ2n) is 5.16. The molecular formula is C14H16N2O3. The highest BCUT2D eigenvalue weighted by Crippen LogP contribution is 2.28. The molecule has 0 bridgehead atoms. The molecule has 1 aliphatic carbocycles. The van der Waals surface area contributed by atoms with E-state index in [2.05, 4.69) is 5.32 Å². The standard InChI is InChI=1S/C14H16N2O3/c17-13(15-11-2-3-11)8-16-6-5-9-7-10(14(18)19)1-4-12(9)16/h1,4,7,11H,2-3,5-6,8H2,(H,15,17)(H,18,19). The van der Waals surface area contributed by atoms with E-state index in [1.165, 1.54) is 0 Å². The number of nitrogens with one attached hydrogen (secondary N) is 1. The lowest BCUT2D eigenvalue weighted by Gasteiger charge is -2.18. The number of fused-ring (bicyclic) bond motifs is 1. The van der Waals surface area contributed by atoms with Gasteiger partial charge in [-0.3, -0.25) is 4.79 Å². The summed E-state index contributed by atoms with van der Waals surface area (Å²) < 4.78 is 0. The molecule has 0 unspecified atom stereocenters. The molecule has 5 nitrogen and oxygen atoms in total. The summed E-state index contributed by atoms with van der Waals surface area (Å²) >= 11 is 0. The summed E-state index contributed by atoms with van der Waals surface area (Å²) in [7, 11) is 0. The van der Waals surface area contributed by atoms with Crippen LogP contribution in [0.15, 0.2) is 18.2 Å². The normalized spacial score (nSPS) is 17.2. The van der Waals surface area contributed by atoms with E-state index in [1.54, 1.807) is 18.2 Å². The fourth-order valence-corrected chi connectivity index (χ4v) is 2.44. The Labute approximate surface area is 111 Å². The molecule has 2 aliphatic rings. The van der Waals surface area contributed by atoms with Gasteiger partial charge in [-0.2, -0.15) is 0 Å². The Balaban J connectivity index is 1.70. The van der Waals surface area contributed by atoms with Crippen LogP contribution in [0.25, 0.3) is 0 Å². The van der Waals surface area contributed by atoms with E-state index in [0.29, 0.717) is 18.2 Å². The number of amides is 1. The second kappa shape index (κ2) is 4.57. The van der Waals surface area contributed by atoms with Gasteiger partial charge in [0.2, 0.25) is 5.91 Å². The molecule has 1 aromatic carbocycles. The van der Waals surface area contributed by atoms with Crippen molar-refractivity contribution in [1.82, 2.24) is 5.32 Å². The Kier molecular flexibility index (Phi) is 2.89. The van der Waals surface area contributed by atoms with Gasteiger partial charge in [-0.25, -0.2) is 4.79 Å². The molecule has 3 rings (SSSR count). The Bertz CT molecular complexity index is 537. The Morgan fingerprint density at radius 3 is 2.84 bits per heavy atom. The number of hydrogen-bond acceptors (Lipinski definition) is 3. The summed E-state index contributed by atoms with van der Waals surface area (Å²) in [5.74, 6) is -0.856. The highest BCUT2D eigenvalue weighted by molar-refractivity contribution is 5.89. The van der Waals surface area contributed by atoms with Crippen molar-refractivity contribution >= 4 is 17.6 Å². The van der Waals surface area contributed by atoms with Crippen molar-refractivity contribution in [1.29, 1.82) is 0 Å². The molecule has 1 saturated carbocycles. The third kappa shape index (κ3) is 2.54. The number of nitrogens with zero attached hydrogens (tertiary/aromatic N) is 1. The van der Waals surface area contributed by atoms with E-state index in [4.69, 9.17) is 5.11 Å². The molecule has 0 atom stereocenters. The van der Waals surface area contributed by atoms with Crippen LogP contribution < -0.4 is 10.2 Å². The molecule has 0 aromatic heterocycles. The number of carbonyl (C=O) groups excluding carboxylic acids is 1. The van der Waals surface area contributed by atoms with E-state index >= 15 is 0 Å². The number of hydrogen-bond donors (Lipinski definition) is 2. The lowest BCUT2D eigenvalue weighted by atomic mass is 10.1. The maximum atomic E-state index is 11.8. The van der Waals surface area contributed by atoms with Gasteiger partial charge in [-0.05, 0) is 43.0 Å². The van der Waals surface area contributed by atoms with Crippen molar-refractivity contribution < 1.29 is 14.7 Å². The van der Waals surface area contributed by atoms with E-state index in [1.807, 2.05) is 4.90 Å². The Morgan fingerprint density at radius 2 is 2.16 bits per heavy atom. The number of benzene rings is 1. The van der Waals surface area contributed by atoms with Crippen molar-refractivity contribution in [2.45, 2.75) is 25.3 Å². The molecule has 5 heteroatoms. The summed E-state index contributed by atoms with van der Waals surface area (Å²) in [4.78, 5) is 24.7. The van der Waals surface area contributed by atoms with Gasteiger partial charge in [0.25, 0.3) is 0 Å². The number of aromatic carboxylic acids is 1. The van der Waals surface area contributed by atoms with Gasteiger partial charge in [-0.1, -0.05) is 0 Å². The molecule has 19 heavy (non-hydrogen) atoms. The van der Waals surface area contributed by atoms with Crippen LogP contribution in [0, 0.1) is 0 Å². The highest BCUT2D eigenvalue weighted by atomic mass is 16.4. The van der Waals surface area contributed by atoms with Crippen molar-refractivity contribution in [3.05, 3.63) is 29.3 Å². The van der Waals surface area contributed by atoms with Gasteiger partial charge in [0.15, 0.2) is 0 Å². The van der Waals surface area contributed by atoms with Crippen LogP contribution in [0.4, 0.5) is 5.69 Å². The zero-order chi connectivity index (χ0) is 13.4. The monoisotopic (exact) mass is 260 g/mol. The van der Waals surface area contributed by atoms with Crippen molar-refractivity contribution in [2.75, 3.05) is 18.0 Å². The van der Waals surface area contributed by atoms with Crippen LogP contribution in [-0.2, 0) is 11.2 Å². The van der Waals surface area contributed by atoms with Crippen LogP contribution in [-0.4, -0.2) is 36.1 Å². The maximum absolute atomic E-state index is 11.8. The third-order valence-corrected chi connectivity index (χ3v) is 3.60. The summed E-state index contributed by atoms with van der Waals surface area (Å²) in [6.07, 6.45) is 2.97. The zero-order valence-corrected chi connectivity index (χ0v) is 10.6. The van der Waals surface area contributed by atoms with Gasteiger partial charge in [0.05, 0.1) is 12.1 Å². The highest BCUT2D eigenvalue weighted by Gasteiger charge is 2.26. The molecule has 2 N–H and O–H groups in total. The molecule has 1 heterocycles. The van der Waals surface area contributed by atoms with Gasteiger partial charge in [-0.15, -0.1) is 0 Å². The summed E-state index contributed by atoms with van der Waals surface area (Å²) in [6, 6.07) is 5.48. The number of carboxylic acids is 1. The maximum Gasteiger partial charge on any atom is 0.335 e. The van der Waals surface area contributed by atoms with E-state index in [0.717, 1.165) is 37.1 Å². The smallest absolute Gasteiger partial charge is 0.335 e. The Hall–Kier alpha value is -2.04. The van der Waals surface area contributed by atoms with E-state index in [-0.39, 0.29) is 5.91 Å². The van der Waals surface area contributed by atoms with Crippen molar-refractivity contribution in [3.63, 3.8) is 0 Å². The first kappa shape index (κ1) is 12.0. The van der Waals surface area contributed by atoms with Gasteiger partial charge >= 0.3 is 5.97 Å². The SMILES string of the molecule is O=C(CN1CCc2cc(C(=O)O)ccc21)NC1CC1. The van der Waals surface area contributed by atoms with E-state index < -0.39 is 5.97 Å². The molecule has 1 aliphatic heterocycles. The molecule has 1 fully saturated rings. The van der Waals surface area contributed by atoms with Crippen LogP contribution in [0.3, 0.4) is 0 Å². The third-order valence-electron chi connectivity index (χ3n) is 3.60. The van der Waals surface area contributed by atoms with Crippen molar-refractivity contribution in [3.8, 4) is 0 Å². The predicted molar refractivity (Wildman–Crippen MR) is 70.5 cm³/mol. The largest absolute Gasteiger partial charge is 0.478 e. The fourth-order valence-electron chi connectivity index (χ4n) is 2.44. The Morgan fingerprint density at radius 1 is 1.37 bits per heavy atom. The second-order valence-corrected chi connectivity index (χ2v) is 5.16. The molecular weight excluding hydrogens is 244 g/mol. The molecule has 100 valence electrons. The number of carbonyl (C=O) groups is 2. The predicted octanol–water partition coefficient (Wildman–Crippen LogP) is 1.03. The van der Waals surface area contributed by atoms with Gasteiger partial charge < -0.3 is 15.3 Å². The molecule has 1 amide bonds. The quantitative estimate of drug-likeness (QED) is 0.848. The summed E-state index contributed by atoms with van der Waals surface area (Å²) in [5.41, 5.74) is 2.30. The zero-order valence-electron chi connectivity index (χ0n) is 10.6. The molecule has 0 radical (unpaired) electrons. The van der Waals surface area contributed by atoms with E-state index in [9.17, 15) is 9.59 Å². The topological polar surface area (TPSA) is 69.6 Å². The lowest BCUT2D eigenvalue weighted by molar-refractivity contribution is -0.119. The summed E-state index contributed by atoms with van der Waals surface area (Å²) in [6.45, 7) is 1.13. The van der Waals surface area contributed by atoms with Crippen LogP contribution >= 0.6 is 0 Å². The average molecular weight is 260 g/mol. The van der Waals surface area contributed by atoms with Crippen molar-refractivity contribution in [2.24, 2.45) is 0 Å². The fraction of sp³-hybridized carbons (Fsp3) is 0.429. The molecule has 1 aromatic rings. The number of rotatable bonds is 4. The minimum Gasteiger partial charge on any atom is -0.478 e. The first-order valence-electron chi connectivity index (χ1n) is 6.54. The van der Waals surface area contributed by atoms with Gasteiger partial charge in [0.1, 0.15) is 0 Å². The average Bonchev–Trinajstić information content (AvgIpc) is 3.09. The first-order chi connectivity index (χ1) is 9.13. The minimum absolute atomic E-state index is 0.0534. The van der Waals surface area contributed by atoms with Crippen LogP contribution in [0.2, 0.25) is 0 Å². The van der Waals surface area contributed by atoms with Gasteiger partial charge in [0, 0.05) is 18.3 Å². The number of carboxylic acid groups (broad SMARTS) is 1. The van der Waals surface area contributed by atoms with Crippen LogP contribution in [0.5, 0.6) is 0 Å². The minimum atomic E-state index is -0.910. The van der Waals surface area contributed by atoms with Crippen LogP contribution in [0.1, 0.15) is 28.8 Å². The first-order valence-corrected chi connectivity index (χ1v) is 6.54. The molecule has 0 saturated heterocycles. The lowest BCUT2D eigenvalue weighted by Crippen LogP contribution is -2.37.